The van der Waals surface area contributed by atoms with Gasteiger partial charge in [-0.1, -0.05) is 18.2 Å². The van der Waals surface area contributed by atoms with Crippen LogP contribution < -0.4 is 14.4 Å². The Balaban J connectivity index is 1.27. The third-order valence-corrected chi connectivity index (χ3v) is 6.75. The lowest BCUT2D eigenvalue weighted by molar-refractivity contribution is -0.384. The van der Waals surface area contributed by atoms with Gasteiger partial charge in [-0.25, -0.2) is 0 Å². The van der Waals surface area contributed by atoms with Gasteiger partial charge >= 0.3 is 0 Å². The molecule has 1 amide bonds. The first-order valence-corrected chi connectivity index (χ1v) is 11.3. The number of rotatable bonds is 4. The number of nitro benzene ring substituents is 1. The van der Waals surface area contributed by atoms with Crippen molar-refractivity contribution in [3.05, 3.63) is 58.1 Å². The van der Waals surface area contributed by atoms with Crippen LogP contribution in [0, 0.1) is 16.0 Å². The number of anilines is 1. The Morgan fingerprint density at radius 1 is 0.969 bits per heavy atom. The zero-order chi connectivity index (χ0) is 22.1. The number of benzene rings is 2. The first kappa shape index (κ1) is 20.6. The molecular weight excluding hydrogens is 410 g/mol. The average Bonchev–Trinajstić information content (AvgIpc) is 3.33. The maximum atomic E-state index is 13.4. The fraction of sp³-hybridized carbons (Fsp3) is 0.458. The molecule has 0 aromatic heterocycles. The molecule has 2 aromatic carbocycles. The van der Waals surface area contributed by atoms with E-state index in [9.17, 15) is 14.9 Å². The van der Waals surface area contributed by atoms with Gasteiger partial charge in [-0.2, -0.15) is 0 Å². The van der Waals surface area contributed by atoms with Crippen LogP contribution in [-0.4, -0.2) is 48.6 Å². The van der Waals surface area contributed by atoms with Gasteiger partial charge in [-0.15, -0.1) is 0 Å². The molecule has 3 heterocycles. The Hall–Kier alpha value is -3.29. The van der Waals surface area contributed by atoms with E-state index in [0.29, 0.717) is 44.8 Å². The fourth-order valence-corrected chi connectivity index (χ4v) is 5.13. The molecular formula is C24H27N3O5. The molecule has 1 atom stereocenters. The SMILES string of the molecule is O=C(C1CCN(c2ccccc2[N+](=O)[O-])CC1)N1CCCC1c1ccc2c(c1)OCCO2. The standard InChI is InChI=1S/C24H27N3O5/c28-24(17-9-12-25(13-10-17)20-4-1-2-5-21(20)27(29)30)26-11-3-6-19(26)18-7-8-22-23(16-18)32-15-14-31-22/h1-2,4-5,7-8,16-17,19H,3,6,9-15H2. The van der Waals surface area contributed by atoms with Crippen molar-refractivity contribution in [2.24, 2.45) is 5.92 Å². The monoisotopic (exact) mass is 437 g/mol. The van der Waals surface area contributed by atoms with Crippen LogP contribution in [0.2, 0.25) is 0 Å². The quantitative estimate of drug-likeness (QED) is 0.532. The smallest absolute Gasteiger partial charge is 0.292 e. The molecule has 2 fully saturated rings. The molecule has 168 valence electrons. The minimum atomic E-state index is -0.339. The summed E-state index contributed by atoms with van der Waals surface area (Å²) in [4.78, 5) is 28.5. The number of carbonyl (C=O) groups excluding carboxylic acids is 1. The number of nitrogens with zero attached hydrogens (tertiary/aromatic N) is 3. The second-order valence-corrected chi connectivity index (χ2v) is 8.60. The maximum absolute atomic E-state index is 13.4. The molecule has 32 heavy (non-hydrogen) atoms. The molecule has 0 radical (unpaired) electrons. The zero-order valence-electron chi connectivity index (χ0n) is 17.9. The van der Waals surface area contributed by atoms with Gasteiger partial charge in [-0.3, -0.25) is 14.9 Å². The van der Waals surface area contributed by atoms with Gasteiger partial charge in [0.05, 0.1) is 11.0 Å². The zero-order valence-corrected chi connectivity index (χ0v) is 17.9. The van der Waals surface area contributed by atoms with Gasteiger partial charge in [-0.05, 0) is 49.4 Å². The van der Waals surface area contributed by atoms with E-state index in [1.165, 1.54) is 6.07 Å². The van der Waals surface area contributed by atoms with Crippen LogP contribution in [0.15, 0.2) is 42.5 Å². The number of ether oxygens (including phenoxy) is 2. The molecule has 0 spiro atoms. The van der Waals surface area contributed by atoms with Crippen molar-refractivity contribution < 1.29 is 19.2 Å². The Morgan fingerprint density at radius 2 is 1.72 bits per heavy atom. The summed E-state index contributed by atoms with van der Waals surface area (Å²) in [5.41, 5.74) is 1.85. The molecule has 0 bridgehead atoms. The van der Waals surface area contributed by atoms with Crippen molar-refractivity contribution in [2.75, 3.05) is 37.7 Å². The van der Waals surface area contributed by atoms with Crippen molar-refractivity contribution in [1.82, 2.24) is 4.90 Å². The Kier molecular flexibility index (Phi) is 5.59. The fourth-order valence-electron chi connectivity index (χ4n) is 5.13. The summed E-state index contributed by atoms with van der Waals surface area (Å²) in [6.07, 6.45) is 3.34. The minimum absolute atomic E-state index is 0.0492. The van der Waals surface area contributed by atoms with Gasteiger partial charge in [0, 0.05) is 31.6 Å². The highest BCUT2D eigenvalue weighted by atomic mass is 16.6. The summed E-state index contributed by atoms with van der Waals surface area (Å²) in [6, 6.07) is 12.9. The summed E-state index contributed by atoms with van der Waals surface area (Å²) >= 11 is 0. The number of nitro groups is 1. The molecule has 0 saturated carbocycles. The first-order chi connectivity index (χ1) is 15.6. The van der Waals surface area contributed by atoms with Gasteiger partial charge in [0.25, 0.3) is 5.69 Å². The number of amides is 1. The highest BCUT2D eigenvalue weighted by molar-refractivity contribution is 5.80. The number of hydrogen-bond acceptors (Lipinski definition) is 6. The van der Waals surface area contributed by atoms with Crippen LogP contribution in [0.1, 0.15) is 37.3 Å². The van der Waals surface area contributed by atoms with E-state index in [1.807, 2.05) is 34.1 Å². The summed E-state index contributed by atoms with van der Waals surface area (Å²) in [5.74, 6) is 1.67. The molecule has 3 aliphatic heterocycles. The third-order valence-electron chi connectivity index (χ3n) is 6.75. The number of fused-ring (bicyclic) bond motifs is 1. The minimum Gasteiger partial charge on any atom is -0.486 e. The number of hydrogen-bond donors (Lipinski definition) is 0. The number of para-hydroxylation sites is 2. The van der Waals surface area contributed by atoms with Gasteiger partial charge in [0.2, 0.25) is 5.91 Å². The summed E-state index contributed by atoms with van der Waals surface area (Å²) < 4.78 is 11.4. The number of carbonyl (C=O) groups is 1. The van der Waals surface area contributed by atoms with Gasteiger partial charge in [0.15, 0.2) is 11.5 Å². The van der Waals surface area contributed by atoms with Gasteiger partial charge < -0.3 is 19.3 Å². The molecule has 2 aromatic rings. The first-order valence-electron chi connectivity index (χ1n) is 11.3. The number of piperidine rings is 1. The third kappa shape index (κ3) is 3.85. The second-order valence-electron chi connectivity index (χ2n) is 8.60. The largest absolute Gasteiger partial charge is 0.486 e. The summed E-state index contributed by atoms with van der Waals surface area (Å²) in [7, 11) is 0. The molecule has 3 aliphatic rings. The number of likely N-dealkylation sites (tertiary alicyclic amines) is 1. The van der Waals surface area contributed by atoms with Crippen LogP contribution in [-0.2, 0) is 4.79 Å². The highest BCUT2D eigenvalue weighted by Crippen LogP contribution is 2.40. The average molecular weight is 437 g/mol. The van der Waals surface area contributed by atoms with E-state index < -0.39 is 0 Å². The lowest BCUT2D eigenvalue weighted by Gasteiger charge is -2.36. The van der Waals surface area contributed by atoms with Crippen molar-refractivity contribution in [3.63, 3.8) is 0 Å². The Bertz CT molecular complexity index is 1020. The molecule has 1 unspecified atom stereocenters. The summed E-state index contributed by atoms with van der Waals surface area (Å²) in [5, 5.41) is 11.4. The van der Waals surface area contributed by atoms with Crippen LogP contribution in [0.5, 0.6) is 11.5 Å². The highest BCUT2D eigenvalue weighted by Gasteiger charge is 2.36. The van der Waals surface area contributed by atoms with Crippen molar-refractivity contribution in [2.45, 2.75) is 31.7 Å². The Morgan fingerprint density at radius 3 is 2.50 bits per heavy atom. The molecule has 0 N–H and O–H groups in total. The van der Waals surface area contributed by atoms with E-state index in [0.717, 1.165) is 36.4 Å². The van der Waals surface area contributed by atoms with E-state index in [1.54, 1.807) is 12.1 Å². The lowest BCUT2D eigenvalue weighted by Crippen LogP contribution is -2.42. The van der Waals surface area contributed by atoms with Crippen molar-refractivity contribution in [1.29, 1.82) is 0 Å². The predicted octanol–water partition coefficient (Wildman–Crippen LogP) is 3.95. The van der Waals surface area contributed by atoms with Crippen LogP contribution in [0.4, 0.5) is 11.4 Å². The molecule has 8 nitrogen and oxygen atoms in total. The lowest BCUT2D eigenvalue weighted by atomic mass is 9.93. The van der Waals surface area contributed by atoms with Crippen LogP contribution >= 0.6 is 0 Å². The van der Waals surface area contributed by atoms with E-state index in [-0.39, 0.29) is 28.5 Å². The normalized spacial score (nSPS) is 20.9. The summed E-state index contributed by atoms with van der Waals surface area (Å²) in [6.45, 7) is 3.16. The molecule has 5 rings (SSSR count). The topological polar surface area (TPSA) is 85.2 Å². The Labute approximate surface area is 186 Å². The molecule has 8 heteroatoms. The van der Waals surface area contributed by atoms with Crippen LogP contribution in [0.3, 0.4) is 0 Å². The van der Waals surface area contributed by atoms with Crippen molar-refractivity contribution >= 4 is 17.3 Å². The van der Waals surface area contributed by atoms with Crippen molar-refractivity contribution in [3.8, 4) is 11.5 Å². The van der Waals surface area contributed by atoms with E-state index >= 15 is 0 Å². The maximum Gasteiger partial charge on any atom is 0.292 e. The molecule has 2 saturated heterocycles. The van der Waals surface area contributed by atoms with Gasteiger partial charge in [0.1, 0.15) is 18.9 Å². The van der Waals surface area contributed by atoms with E-state index in [2.05, 4.69) is 0 Å². The van der Waals surface area contributed by atoms with E-state index in [4.69, 9.17) is 9.47 Å². The molecule has 0 aliphatic carbocycles. The predicted molar refractivity (Wildman–Crippen MR) is 119 cm³/mol. The van der Waals surface area contributed by atoms with Crippen LogP contribution in [0.25, 0.3) is 0 Å². The second kappa shape index (κ2) is 8.68.